The highest BCUT2D eigenvalue weighted by atomic mass is 35.5. The number of nitrogens with zero attached hydrogens (tertiary/aromatic N) is 1. The molecule has 1 amide bonds. The molecule has 0 aromatic carbocycles. The molecule has 2 aromatic heterocycles. The van der Waals surface area contributed by atoms with Crippen molar-refractivity contribution in [2.45, 2.75) is 37.4 Å². The standard InChI is InChI=1S/C14H14ClN3O2/c15-9-6-20-13-5-16-12(4-8(9)13)14(19)18-11-3-7-1-2-10(11)17-7/h4-7,10-11,17H,1-3H2,(H,18,19). The molecule has 0 radical (unpaired) electrons. The van der Waals surface area contributed by atoms with Crippen LogP contribution in [0.15, 0.2) is 22.9 Å². The number of carbonyl (C=O) groups is 1. The van der Waals surface area contributed by atoms with Gasteiger partial charge in [-0.3, -0.25) is 4.79 Å². The van der Waals surface area contributed by atoms with Crippen molar-refractivity contribution in [3.8, 4) is 0 Å². The number of carbonyl (C=O) groups excluding carboxylic acids is 1. The number of halogens is 1. The number of fused-ring (bicyclic) bond motifs is 3. The predicted octanol–water partition coefficient (Wildman–Crippen LogP) is 2.10. The Labute approximate surface area is 120 Å². The van der Waals surface area contributed by atoms with Crippen molar-refractivity contribution in [2.75, 3.05) is 0 Å². The fourth-order valence-electron chi connectivity index (χ4n) is 3.25. The number of furan rings is 1. The van der Waals surface area contributed by atoms with Crippen molar-refractivity contribution in [1.82, 2.24) is 15.6 Å². The third-order valence-electron chi connectivity index (χ3n) is 4.26. The second kappa shape index (κ2) is 4.46. The molecule has 20 heavy (non-hydrogen) atoms. The molecule has 4 rings (SSSR count). The monoisotopic (exact) mass is 291 g/mol. The lowest BCUT2D eigenvalue weighted by atomic mass is 9.95. The van der Waals surface area contributed by atoms with E-state index in [0.29, 0.717) is 28.4 Å². The van der Waals surface area contributed by atoms with Gasteiger partial charge in [-0.05, 0) is 25.3 Å². The summed E-state index contributed by atoms with van der Waals surface area (Å²) in [6.07, 6.45) is 6.34. The van der Waals surface area contributed by atoms with E-state index in [1.54, 1.807) is 6.07 Å². The van der Waals surface area contributed by atoms with Crippen molar-refractivity contribution in [3.63, 3.8) is 0 Å². The van der Waals surface area contributed by atoms with Gasteiger partial charge in [0.25, 0.3) is 5.91 Å². The van der Waals surface area contributed by atoms with Crippen LogP contribution in [-0.4, -0.2) is 29.0 Å². The van der Waals surface area contributed by atoms with Crippen molar-refractivity contribution < 1.29 is 9.21 Å². The Balaban J connectivity index is 1.56. The topological polar surface area (TPSA) is 67.2 Å². The van der Waals surface area contributed by atoms with Gasteiger partial charge in [0.05, 0.1) is 11.2 Å². The molecular formula is C14H14ClN3O2. The van der Waals surface area contributed by atoms with E-state index < -0.39 is 0 Å². The minimum atomic E-state index is -0.150. The molecule has 4 heterocycles. The Morgan fingerprint density at radius 2 is 2.40 bits per heavy atom. The lowest BCUT2D eigenvalue weighted by Gasteiger charge is -2.21. The zero-order valence-electron chi connectivity index (χ0n) is 10.7. The van der Waals surface area contributed by atoms with Crippen molar-refractivity contribution >= 4 is 28.5 Å². The fraction of sp³-hybridized carbons (Fsp3) is 0.429. The van der Waals surface area contributed by atoms with Crippen LogP contribution >= 0.6 is 11.6 Å². The summed E-state index contributed by atoms with van der Waals surface area (Å²) in [6, 6.07) is 2.85. The van der Waals surface area contributed by atoms with Crippen LogP contribution in [0.1, 0.15) is 29.8 Å². The summed E-state index contributed by atoms with van der Waals surface area (Å²) in [5.74, 6) is -0.150. The average molecular weight is 292 g/mol. The van der Waals surface area contributed by atoms with Crippen LogP contribution in [-0.2, 0) is 0 Å². The molecule has 2 saturated heterocycles. The summed E-state index contributed by atoms with van der Waals surface area (Å²) >= 11 is 6.01. The maximum absolute atomic E-state index is 12.3. The van der Waals surface area contributed by atoms with Crippen LogP contribution in [0.25, 0.3) is 11.0 Å². The van der Waals surface area contributed by atoms with Crippen LogP contribution in [0, 0.1) is 0 Å². The van der Waals surface area contributed by atoms with E-state index >= 15 is 0 Å². The molecule has 2 aromatic rings. The van der Waals surface area contributed by atoms with Gasteiger partial charge in [-0.15, -0.1) is 0 Å². The molecule has 3 atom stereocenters. The smallest absolute Gasteiger partial charge is 0.270 e. The second-order valence-electron chi connectivity index (χ2n) is 5.51. The van der Waals surface area contributed by atoms with Gasteiger partial charge < -0.3 is 15.1 Å². The van der Waals surface area contributed by atoms with Gasteiger partial charge in [-0.25, -0.2) is 4.98 Å². The summed E-state index contributed by atoms with van der Waals surface area (Å²) in [6.45, 7) is 0. The molecular weight excluding hydrogens is 278 g/mol. The molecule has 2 bridgehead atoms. The quantitative estimate of drug-likeness (QED) is 0.889. The molecule has 104 valence electrons. The van der Waals surface area contributed by atoms with E-state index in [4.69, 9.17) is 16.0 Å². The number of rotatable bonds is 2. The van der Waals surface area contributed by atoms with Crippen molar-refractivity contribution in [3.05, 3.63) is 29.2 Å². The summed E-state index contributed by atoms with van der Waals surface area (Å²) in [4.78, 5) is 16.4. The average Bonchev–Trinajstić information content (AvgIpc) is 3.15. The highest BCUT2D eigenvalue weighted by Crippen LogP contribution is 2.29. The van der Waals surface area contributed by atoms with Gasteiger partial charge in [-0.2, -0.15) is 0 Å². The highest BCUT2D eigenvalue weighted by molar-refractivity contribution is 6.35. The Morgan fingerprint density at radius 1 is 1.50 bits per heavy atom. The predicted molar refractivity (Wildman–Crippen MR) is 74.8 cm³/mol. The first kappa shape index (κ1) is 12.2. The molecule has 0 saturated carbocycles. The Kier molecular flexibility index (Phi) is 2.72. The van der Waals surface area contributed by atoms with E-state index in [0.717, 1.165) is 18.2 Å². The molecule has 2 aliphatic rings. The molecule has 6 heteroatoms. The van der Waals surface area contributed by atoms with Crippen LogP contribution in [0.5, 0.6) is 0 Å². The van der Waals surface area contributed by atoms with Crippen LogP contribution in [0.4, 0.5) is 0 Å². The van der Waals surface area contributed by atoms with E-state index in [1.807, 2.05) is 0 Å². The molecule has 2 fully saturated rings. The minimum absolute atomic E-state index is 0.150. The van der Waals surface area contributed by atoms with Gasteiger partial charge in [-0.1, -0.05) is 11.6 Å². The fourth-order valence-corrected chi connectivity index (χ4v) is 3.44. The first-order valence-electron chi connectivity index (χ1n) is 6.80. The normalized spacial score (nSPS) is 28.1. The SMILES string of the molecule is O=C(NC1CC2CCC1N2)c1cc2c(Cl)coc2cn1. The van der Waals surface area contributed by atoms with E-state index in [1.165, 1.54) is 18.9 Å². The lowest BCUT2D eigenvalue weighted by Crippen LogP contribution is -2.43. The zero-order valence-corrected chi connectivity index (χ0v) is 11.5. The summed E-state index contributed by atoms with van der Waals surface area (Å²) in [5, 5.41) is 7.78. The van der Waals surface area contributed by atoms with Crippen molar-refractivity contribution in [2.24, 2.45) is 0 Å². The van der Waals surface area contributed by atoms with E-state index in [9.17, 15) is 4.79 Å². The molecule has 0 spiro atoms. The molecule has 2 aliphatic heterocycles. The lowest BCUT2D eigenvalue weighted by molar-refractivity contribution is 0.0926. The number of amides is 1. The summed E-state index contributed by atoms with van der Waals surface area (Å²) < 4.78 is 5.22. The Morgan fingerprint density at radius 3 is 3.15 bits per heavy atom. The molecule has 0 aliphatic carbocycles. The maximum atomic E-state index is 12.3. The van der Waals surface area contributed by atoms with Gasteiger partial charge in [0.15, 0.2) is 5.58 Å². The molecule has 2 N–H and O–H groups in total. The Bertz CT molecular complexity index is 684. The van der Waals surface area contributed by atoms with Gasteiger partial charge >= 0.3 is 0 Å². The van der Waals surface area contributed by atoms with Crippen LogP contribution in [0.3, 0.4) is 0 Å². The minimum Gasteiger partial charge on any atom is -0.461 e. The number of hydrogen-bond donors (Lipinski definition) is 2. The first-order valence-corrected chi connectivity index (χ1v) is 7.18. The largest absolute Gasteiger partial charge is 0.461 e. The Hall–Kier alpha value is -1.59. The third-order valence-corrected chi connectivity index (χ3v) is 4.56. The summed E-state index contributed by atoms with van der Waals surface area (Å²) in [7, 11) is 0. The van der Waals surface area contributed by atoms with Gasteiger partial charge in [0.1, 0.15) is 12.0 Å². The van der Waals surface area contributed by atoms with Crippen LogP contribution in [0.2, 0.25) is 5.02 Å². The zero-order chi connectivity index (χ0) is 13.7. The maximum Gasteiger partial charge on any atom is 0.270 e. The van der Waals surface area contributed by atoms with Gasteiger partial charge in [0, 0.05) is 23.5 Å². The first-order chi connectivity index (χ1) is 9.70. The van der Waals surface area contributed by atoms with Crippen LogP contribution < -0.4 is 10.6 Å². The second-order valence-corrected chi connectivity index (χ2v) is 5.92. The number of nitrogens with one attached hydrogen (secondary N) is 2. The number of aromatic nitrogens is 1. The third kappa shape index (κ3) is 1.89. The molecule has 5 nitrogen and oxygen atoms in total. The number of pyridine rings is 1. The summed E-state index contributed by atoms with van der Waals surface area (Å²) in [5.41, 5.74) is 0.969. The van der Waals surface area contributed by atoms with E-state index in [2.05, 4.69) is 15.6 Å². The molecule has 3 unspecified atom stereocenters. The van der Waals surface area contributed by atoms with Gasteiger partial charge in [0.2, 0.25) is 0 Å². The van der Waals surface area contributed by atoms with Crippen molar-refractivity contribution in [1.29, 1.82) is 0 Å². The number of hydrogen-bond acceptors (Lipinski definition) is 4. The van der Waals surface area contributed by atoms with E-state index in [-0.39, 0.29) is 11.9 Å². The highest BCUT2D eigenvalue weighted by Gasteiger charge is 2.39.